The quantitative estimate of drug-likeness (QED) is 0.505. The Morgan fingerprint density at radius 1 is 1.11 bits per heavy atom. The Morgan fingerprint density at radius 3 is 2.50 bits per heavy atom. The van der Waals surface area contributed by atoms with E-state index < -0.39 is 12.0 Å². The average Bonchev–Trinajstić information content (AvgIpc) is 2.71. The molecule has 2 N–H and O–H groups in total. The summed E-state index contributed by atoms with van der Waals surface area (Å²) in [7, 11) is 0. The first-order valence-corrected chi connectivity index (χ1v) is 9.94. The number of hydrogen-bond donors (Lipinski definition) is 2. The van der Waals surface area contributed by atoms with Crippen LogP contribution < -0.4 is 10.6 Å². The summed E-state index contributed by atoms with van der Waals surface area (Å²) in [6.45, 7) is 3.83. The van der Waals surface area contributed by atoms with Crippen molar-refractivity contribution in [3.05, 3.63) is 47.5 Å². The minimum Gasteiger partial charge on any atom is -0.454 e. The standard InChI is InChI=1S/C22H30N2O4/c1-16(2)20(24-21(26)18-11-7-4-8-12-18)22(27)28-15-19(25)23-14-13-17-9-5-3-6-10-17/h4,7-9,11-12,16,20H,3,5-6,10,13-15H2,1-2H3,(H,23,25)(H,24,26)/t20-/m0/s1. The molecule has 152 valence electrons. The first kappa shape index (κ1) is 21.7. The summed E-state index contributed by atoms with van der Waals surface area (Å²) in [6.07, 6.45) is 7.75. The molecule has 1 aliphatic rings. The highest BCUT2D eigenvalue weighted by Crippen LogP contribution is 2.19. The highest BCUT2D eigenvalue weighted by molar-refractivity contribution is 5.97. The summed E-state index contributed by atoms with van der Waals surface area (Å²) in [5.74, 6) is -1.45. The van der Waals surface area contributed by atoms with Crippen molar-refractivity contribution in [2.75, 3.05) is 13.2 Å². The molecule has 0 bridgehead atoms. The molecule has 0 spiro atoms. The lowest BCUT2D eigenvalue weighted by atomic mass is 9.97. The molecule has 1 aliphatic carbocycles. The normalized spacial score (nSPS) is 14.8. The second-order valence-electron chi connectivity index (χ2n) is 7.38. The highest BCUT2D eigenvalue weighted by atomic mass is 16.5. The number of carbonyl (C=O) groups excluding carboxylic acids is 3. The van der Waals surface area contributed by atoms with E-state index in [-0.39, 0.29) is 24.3 Å². The molecule has 2 amide bonds. The third-order valence-corrected chi connectivity index (χ3v) is 4.74. The molecule has 0 aliphatic heterocycles. The molecule has 1 aromatic rings. The summed E-state index contributed by atoms with van der Waals surface area (Å²) in [5, 5.41) is 5.47. The van der Waals surface area contributed by atoms with Crippen LogP contribution >= 0.6 is 0 Å². The highest BCUT2D eigenvalue weighted by Gasteiger charge is 2.26. The third kappa shape index (κ3) is 7.18. The van der Waals surface area contributed by atoms with Crippen LogP contribution in [0.5, 0.6) is 0 Å². The van der Waals surface area contributed by atoms with Gasteiger partial charge in [-0.15, -0.1) is 0 Å². The Kier molecular flexibility index (Phi) is 8.72. The number of amides is 2. The molecule has 6 nitrogen and oxygen atoms in total. The monoisotopic (exact) mass is 386 g/mol. The van der Waals surface area contributed by atoms with Crippen molar-refractivity contribution in [2.24, 2.45) is 5.92 Å². The van der Waals surface area contributed by atoms with E-state index in [0.717, 1.165) is 19.3 Å². The first-order chi connectivity index (χ1) is 13.5. The zero-order valence-corrected chi connectivity index (χ0v) is 16.7. The predicted molar refractivity (Wildman–Crippen MR) is 108 cm³/mol. The van der Waals surface area contributed by atoms with Gasteiger partial charge in [0.05, 0.1) is 0 Å². The summed E-state index contributed by atoms with van der Waals surface area (Å²) in [6, 6.07) is 7.86. The topological polar surface area (TPSA) is 84.5 Å². The Bertz CT molecular complexity index is 698. The van der Waals surface area contributed by atoms with E-state index in [4.69, 9.17) is 4.74 Å². The van der Waals surface area contributed by atoms with Crippen molar-refractivity contribution >= 4 is 17.8 Å². The number of rotatable bonds is 9. The van der Waals surface area contributed by atoms with Crippen LogP contribution in [0.2, 0.25) is 0 Å². The van der Waals surface area contributed by atoms with E-state index in [9.17, 15) is 14.4 Å². The van der Waals surface area contributed by atoms with Crippen LogP contribution in [0.1, 0.15) is 56.3 Å². The van der Waals surface area contributed by atoms with E-state index >= 15 is 0 Å². The number of carbonyl (C=O) groups is 3. The molecule has 0 radical (unpaired) electrons. The van der Waals surface area contributed by atoms with E-state index in [0.29, 0.717) is 12.1 Å². The fraction of sp³-hybridized carbons (Fsp3) is 0.500. The zero-order valence-electron chi connectivity index (χ0n) is 16.7. The van der Waals surface area contributed by atoms with Crippen LogP contribution in [0.15, 0.2) is 42.0 Å². The van der Waals surface area contributed by atoms with Gasteiger partial charge in [-0.1, -0.05) is 43.7 Å². The van der Waals surface area contributed by atoms with E-state index in [1.807, 2.05) is 19.9 Å². The lowest BCUT2D eigenvalue weighted by molar-refractivity contribution is -0.151. The lowest BCUT2D eigenvalue weighted by Crippen LogP contribution is -2.46. The van der Waals surface area contributed by atoms with Crippen LogP contribution in [0.3, 0.4) is 0 Å². The van der Waals surface area contributed by atoms with Gasteiger partial charge in [0.2, 0.25) is 0 Å². The molecular weight excluding hydrogens is 356 g/mol. The van der Waals surface area contributed by atoms with Crippen molar-refractivity contribution in [1.29, 1.82) is 0 Å². The molecule has 2 rings (SSSR count). The van der Waals surface area contributed by atoms with Crippen LogP contribution in [-0.2, 0) is 14.3 Å². The lowest BCUT2D eigenvalue weighted by Gasteiger charge is -2.21. The van der Waals surface area contributed by atoms with Gasteiger partial charge in [-0.05, 0) is 50.2 Å². The molecule has 28 heavy (non-hydrogen) atoms. The van der Waals surface area contributed by atoms with Gasteiger partial charge >= 0.3 is 5.97 Å². The zero-order chi connectivity index (χ0) is 20.4. The fourth-order valence-corrected chi connectivity index (χ4v) is 3.08. The van der Waals surface area contributed by atoms with Crippen LogP contribution in [0.4, 0.5) is 0 Å². The van der Waals surface area contributed by atoms with Crippen molar-refractivity contribution < 1.29 is 19.1 Å². The molecule has 0 aromatic heterocycles. The number of benzene rings is 1. The van der Waals surface area contributed by atoms with Crippen LogP contribution in [0.25, 0.3) is 0 Å². The van der Waals surface area contributed by atoms with E-state index in [2.05, 4.69) is 16.7 Å². The minimum atomic E-state index is -0.812. The average molecular weight is 386 g/mol. The van der Waals surface area contributed by atoms with Gasteiger partial charge in [-0.3, -0.25) is 9.59 Å². The number of nitrogens with one attached hydrogen (secondary N) is 2. The number of hydrogen-bond acceptors (Lipinski definition) is 4. The van der Waals surface area contributed by atoms with E-state index in [1.165, 1.54) is 18.4 Å². The molecular formula is C22H30N2O4. The molecule has 0 saturated carbocycles. The van der Waals surface area contributed by atoms with Gasteiger partial charge in [-0.25, -0.2) is 4.79 Å². The first-order valence-electron chi connectivity index (χ1n) is 9.94. The summed E-state index contributed by atoms with van der Waals surface area (Å²) < 4.78 is 5.13. The SMILES string of the molecule is CC(C)[C@H](NC(=O)c1ccccc1)C(=O)OCC(=O)NCCC1=CCCCC1. The molecule has 1 aromatic carbocycles. The van der Waals surface area contributed by atoms with Gasteiger partial charge in [0.25, 0.3) is 11.8 Å². The minimum absolute atomic E-state index is 0.165. The number of allylic oxidation sites excluding steroid dienone is 1. The maximum absolute atomic E-state index is 12.4. The Hall–Kier alpha value is -2.63. The van der Waals surface area contributed by atoms with Crippen molar-refractivity contribution in [3.63, 3.8) is 0 Å². The van der Waals surface area contributed by atoms with Crippen LogP contribution in [0, 0.1) is 5.92 Å². The maximum atomic E-state index is 12.4. The molecule has 0 fully saturated rings. The maximum Gasteiger partial charge on any atom is 0.329 e. The molecule has 1 atom stereocenters. The van der Waals surface area contributed by atoms with Gasteiger partial charge in [-0.2, -0.15) is 0 Å². The smallest absolute Gasteiger partial charge is 0.329 e. The summed E-state index contributed by atoms with van der Waals surface area (Å²) in [4.78, 5) is 36.6. The molecule has 6 heteroatoms. The largest absolute Gasteiger partial charge is 0.454 e. The van der Waals surface area contributed by atoms with Crippen LogP contribution in [-0.4, -0.2) is 37.0 Å². The Labute approximate surface area is 166 Å². The van der Waals surface area contributed by atoms with Gasteiger partial charge in [0, 0.05) is 12.1 Å². The second kappa shape index (κ2) is 11.3. The molecule has 0 unspecified atom stereocenters. The van der Waals surface area contributed by atoms with E-state index in [1.54, 1.807) is 24.3 Å². The number of esters is 1. The molecule has 0 saturated heterocycles. The number of ether oxygens (including phenoxy) is 1. The van der Waals surface area contributed by atoms with Gasteiger partial charge < -0.3 is 15.4 Å². The second-order valence-corrected chi connectivity index (χ2v) is 7.38. The third-order valence-electron chi connectivity index (χ3n) is 4.74. The van der Waals surface area contributed by atoms with Gasteiger partial charge in [0.1, 0.15) is 6.04 Å². The Balaban J connectivity index is 1.75. The summed E-state index contributed by atoms with van der Waals surface area (Å²) in [5.41, 5.74) is 1.85. The van der Waals surface area contributed by atoms with Gasteiger partial charge in [0.15, 0.2) is 6.61 Å². The molecule has 0 heterocycles. The van der Waals surface area contributed by atoms with Crippen molar-refractivity contribution in [3.8, 4) is 0 Å². The summed E-state index contributed by atoms with van der Waals surface area (Å²) >= 11 is 0. The predicted octanol–water partition coefficient (Wildman–Crippen LogP) is 2.99. The fourth-order valence-electron chi connectivity index (χ4n) is 3.08. The van der Waals surface area contributed by atoms with Crippen molar-refractivity contribution in [2.45, 2.75) is 52.0 Å². The Morgan fingerprint density at radius 2 is 1.86 bits per heavy atom. The van der Waals surface area contributed by atoms with Crippen molar-refractivity contribution in [1.82, 2.24) is 10.6 Å².